The van der Waals surface area contributed by atoms with Crippen LogP contribution in [0.15, 0.2) is 0 Å². The van der Waals surface area contributed by atoms with Crippen LogP contribution in [0.5, 0.6) is 0 Å². The summed E-state index contributed by atoms with van der Waals surface area (Å²) >= 11 is 0. The second-order valence-electron chi connectivity index (χ2n) is 4.14. The van der Waals surface area contributed by atoms with Gasteiger partial charge < -0.3 is 5.32 Å². The number of carbonyl (C=O) groups is 1. The van der Waals surface area contributed by atoms with Gasteiger partial charge in [-0.1, -0.05) is 12.8 Å². The van der Waals surface area contributed by atoms with E-state index in [1.807, 2.05) is 0 Å². The van der Waals surface area contributed by atoms with Gasteiger partial charge in [0.25, 0.3) is 5.91 Å². The molecule has 0 spiro atoms. The minimum Gasteiger partial charge on any atom is -0.306 e. The van der Waals surface area contributed by atoms with Crippen LogP contribution in [-0.2, 0) is 9.63 Å². The van der Waals surface area contributed by atoms with Crippen LogP contribution in [0.25, 0.3) is 0 Å². The van der Waals surface area contributed by atoms with Crippen LogP contribution >= 0.6 is 0 Å². The van der Waals surface area contributed by atoms with Crippen molar-refractivity contribution in [3.8, 4) is 0 Å². The van der Waals surface area contributed by atoms with Gasteiger partial charge in [-0.05, 0) is 32.2 Å². The van der Waals surface area contributed by atoms with Crippen LogP contribution in [0.3, 0.4) is 0 Å². The van der Waals surface area contributed by atoms with Gasteiger partial charge in [0, 0.05) is 0 Å². The molecule has 0 aromatic rings. The van der Waals surface area contributed by atoms with Crippen molar-refractivity contribution in [1.29, 1.82) is 0 Å². The lowest BCUT2D eigenvalue weighted by atomic mass is 10.2. The number of carbonyl (C=O) groups excluding carboxylic acids is 1. The summed E-state index contributed by atoms with van der Waals surface area (Å²) in [6.07, 6.45) is 6.88. The maximum atomic E-state index is 11.5. The molecule has 1 atom stereocenters. The van der Waals surface area contributed by atoms with E-state index in [0.29, 0.717) is 0 Å². The number of hydrogen-bond donors (Lipinski definition) is 2. The summed E-state index contributed by atoms with van der Waals surface area (Å²) in [6, 6.07) is -0.0311. The van der Waals surface area contributed by atoms with Gasteiger partial charge in [-0.15, -0.1) is 0 Å². The molecule has 1 heterocycles. The molecule has 0 aromatic heterocycles. The standard InChI is InChI=1S/C10H18N2O2/c13-10(9-6-3-7-11-9)12-14-8-4-1-2-5-8/h8-9,11H,1-7H2,(H,12,13). The first kappa shape index (κ1) is 9.93. The minimum absolute atomic E-state index is 0.00519. The SMILES string of the molecule is O=C(NOC1CCCC1)C1CCCN1. The van der Waals surface area contributed by atoms with E-state index in [4.69, 9.17) is 4.84 Å². The number of amides is 1. The van der Waals surface area contributed by atoms with Crippen molar-refractivity contribution >= 4 is 5.91 Å². The lowest BCUT2D eigenvalue weighted by Gasteiger charge is -2.14. The summed E-state index contributed by atoms with van der Waals surface area (Å²) in [5.41, 5.74) is 2.57. The molecule has 0 radical (unpaired) electrons. The molecule has 1 saturated carbocycles. The smallest absolute Gasteiger partial charge is 0.260 e. The molecule has 1 aliphatic carbocycles. The average molecular weight is 198 g/mol. The van der Waals surface area contributed by atoms with Crippen LogP contribution < -0.4 is 10.8 Å². The maximum Gasteiger partial charge on any atom is 0.260 e. The average Bonchev–Trinajstić information content (AvgIpc) is 2.87. The largest absolute Gasteiger partial charge is 0.306 e. The zero-order valence-electron chi connectivity index (χ0n) is 8.42. The van der Waals surface area contributed by atoms with Crippen molar-refractivity contribution in [3.05, 3.63) is 0 Å². The van der Waals surface area contributed by atoms with E-state index in [-0.39, 0.29) is 18.1 Å². The van der Waals surface area contributed by atoms with E-state index in [1.165, 1.54) is 12.8 Å². The van der Waals surface area contributed by atoms with E-state index >= 15 is 0 Å². The topological polar surface area (TPSA) is 50.4 Å². The van der Waals surface area contributed by atoms with Gasteiger partial charge in [0.2, 0.25) is 0 Å². The number of nitrogens with one attached hydrogen (secondary N) is 2. The minimum atomic E-state index is -0.0311. The van der Waals surface area contributed by atoms with E-state index in [2.05, 4.69) is 10.8 Å². The Kier molecular flexibility index (Phi) is 3.37. The predicted octanol–water partition coefficient (Wildman–Crippen LogP) is 0.729. The zero-order valence-corrected chi connectivity index (χ0v) is 8.42. The van der Waals surface area contributed by atoms with Crippen LogP contribution in [0.1, 0.15) is 38.5 Å². The molecule has 1 saturated heterocycles. The van der Waals surface area contributed by atoms with Gasteiger partial charge >= 0.3 is 0 Å². The molecule has 1 amide bonds. The highest BCUT2D eigenvalue weighted by Gasteiger charge is 2.23. The second kappa shape index (κ2) is 4.75. The highest BCUT2D eigenvalue weighted by molar-refractivity contribution is 5.81. The third-order valence-electron chi connectivity index (χ3n) is 3.01. The summed E-state index contributed by atoms with van der Waals surface area (Å²) in [5.74, 6) is -0.00519. The highest BCUT2D eigenvalue weighted by Crippen LogP contribution is 2.19. The first-order valence-corrected chi connectivity index (χ1v) is 5.55. The fraction of sp³-hybridized carbons (Fsp3) is 0.900. The molecule has 1 aliphatic heterocycles. The lowest BCUT2D eigenvalue weighted by Crippen LogP contribution is -2.41. The third kappa shape index (κ3) is 2.45. The molecule has 0 aromatic carbocycles. The molecule has 80 valence electrons. The van der Waals surface area contributed by atoms with Crippen molar-refractivity contribution in [2.24, 2.45) is 0 Å². The van der Waals surface area contributed by atoms with Crippen LogP contribution in [0.2, 0.25) is 0 Å². The summed E-state index contributed by atoms with van der Waals surface area (Å²) in [4.78, 5) is 16.8. The molecule has 2 aliphatic rings. The van der Waals surface area contributed by atoms with Gasteiger partial charge in [-0.2, -0.15) is 0 Å². The van der Waals surface area contributed by atoms with Gasteiger partial charge in [0.05, 0.1) is 12.1 Å². The van der Waals surface area contributed by atoms with Crippen molar-refractivity contribution in [3.63, 3.8) is 0 Å². The fourth-order valence-corrected chi connectivity index (χ4v) is 2.13. The maximum absolute atomic E-state index is 11.5. The molecule has 1 unspecified atom stereocenters. The fourth-order valence-electron chi connectivity index (χ4n) is 2.13. The second-order valence-corrected chi connectivity index (χ2v) is 4.14. The van der Waals surface area contributed by atoms with Gasteiger partial charge in [0.15, 0.2) is 0 Å². The summed E-state index contributed by atoms with van der Waals surface area (Å²) < 4.78 is 0. The normalized spacial score (nSPS) is 28.1. The van der Waals surface area contributed by atoms with E-state index in [0.717, 1.165) is 32.2 Å². The van der Waals surface area contributed by atoms with E-state index in [1.54, 1.807) is 0 Å². The van der Waals surface area contributed by atoms with Gasteiger partial charge in [-0.3, -0.25) is 9.63 Å². The molecule has 2 rings (SSSR count). The number of hydroxylamine groups is 1. The lowest BCUT2D eigenvalue weighted by molar-refractivity contribution is -0.140. The van der Waals surface area contributed by atoms with Crippen molar-refractivity contribution in [2.45, 2.75) is 50.7 Å². The number of rotatable bonds is 3. The highest BCUT2D eigenvalue weighted by atomic mass is 16.7. The Bertz CT molecular complexity index is 196. The zero-order chi connectivity index (χ0) is 9.80. The van der Waals surface area contributed by atoms with Crippen LogP contribution in [0, 0.1) is 0 Å². The predicted molar refractivity (Wildman–Crippen MR) is 52.5 cm³/mol. The first-order valence-electron chi connectivity index (χ1n) is 5.55. The Balaban J connectivity index is 1.66. The third-order valence-corrected chi connectivity index (χ3v) is 3.01. The molecule has 4 nitrogen and oxygen atoms in total. The van der Waals surface area contributed by atoms with Crippen LogP contribution in [-0.4, -0.2) is 24.6 Å². The van der Waals surface area contributed by atoms with Gasteiger partial charge in [0.1, 0.15) is 0 Å². The summed E-state index contributed by atoms with van der Waals surface area (Å²) in [5, 5.41) is 3.14. The van der Waals surface area contributed by atoms with Crippen molar-refractivity contribution in [2.75, 3.05) is 6.54 Å². The molecular formula is C10H18N2O2. The molecule has 2 fully saturated rings. The van der Waals surface area contributed by atoms with Crippen molar-refractivity contribution < 1.29 is 9.63 Å². The Morgan fingerprint density at radius 3 is 2.64 bits per heavy atom. The van der Waals surface area contributed by atoms with E-state index < -0.39 is 0 Å². The monoisotopic (exact) mass is 198 g/mol. The molecule has 0 bridgehead atoms. The van der Waals surface area contributed by atoms with Crippen LogP contribution in [0.4, 0.5) is 0 Å². The van der Waals surface area contributed by atoms with E-state index in [9.17, 15) is 4.79 Å². The first-order chi connectivity index (χ1) is 6.86. The Morgan fingerprint density at radius 1 is 1.21 bits per heavy atom. The summed E-state index contributed by atoms with van der Waals surface area (Å²) in [6.45, 7) is 0.946. The summed E-state index contributed by atoms with van der Waals surface area (Å²) in [7, 11) is 0. The Hall–Kier alpha value is -0.610. The quantitative estimate of drug-likeness (QED) is 0.657. The Labute approximate surface area is 84.3 Å². The van der Waals surface area contributed by atoms with Gasteiger partial charge in [-0.25, -0.2) is 5.48 Å². The molecular weight excluding hydrogens is 180 g/mol. The molecule has 4 heteroatoms. The number of hydrogen-bond acceptors (Lipinski definition) is 3. The van der Waals surface area contributed by atoms with Crippen molar-refractivity contribution in [1.82, 2.24) is 10.8 Å². The molecule has 14 heavy (non-hydrogen) atoms. The Morgan fingerprint density at radius 2 is 2.00 bits per heavy atom. The molecule has 2 N–H and O–H groups in total.